The average molecular weight is 479 g/mol. The number of aromatic nitrogens is 2. The maximum Gasteiger partial charge on any atom is 0.265 e. The molecule has 4 aromatic rings. The number of nitrogens with zero attached hydrogens (tertiary/aromatic N) is 3. The molecule has 0 spiro atoms. The van der Waals surface area contributed by atoms with E-state index >= 15 is 0 Å². The smallest absolute Gasteiger partial charge is 0.265 e. The van der Waals surface area contributed by atoms with E-state index in [0.717, 1.165) is 22.5 Å². The molecule has 2 N–H and O–H groups in total. The Morgan fingerprint density at radius 3 is 2.61 bits per heavy atom. The first kappa shape index (κ1) is 21.4. The van der Waals surface area contributed by atoms with Gasteiger partial charge >= 0.3 is 0 Å². The van der Waals surface area contributed by atoms with Crippen LogP contribution in [0.5, 0.6) is 0 Å². The van der Waals surface area contributed by atoms with Crippen molar-refractivity contribution in [2.45, 2.75) is 19.3 Å². The van der Waals surface area contributed by atoms with Crippen LogP contribution in [0, 0.1) is 0 Å². The van der Waals surface area contributed by atoms with E-state index in [2.05, 4.69) is 10.4 Å². The van der Waals surface area contributed by atoms with Gasteiger partial charge in [-0.05, 0) is 41.5 Å². The Morgan fingerprint density at radius 2 is 1.88 bits per heavy atom. The van der Waals surface area contributed by atoms with Gasteiger partial charge in [-0.15, -0.1) is 11.3 Å². The Morgan fingerprint density at radius 1 is 1.09 bits per heavy atom. The molecule has 0 bridgehead atoms. The molecule has 2 amide bonds. The number of amides is 2. The zero-order chi connectivity index (χ0) is 22.9. The minimum Gasteiger partial charge on any atom is -0.369 e. The minimum absolute atomic E-state index is 0.232. The molecule has 9 heteroatoms. The molecule has 0 fully saturated rings. The molecule has 166 valence electrons. The minimum atomic E-state index is -1.18. The van der Waals surface area contributed by atoms with Crippen molar-refractivity contribution in [1.82, 2.24) is 14.7 Å². The first-order chi connectivity index (χ1) is 16.0. The molecule has 1 atom stereocenters. The first-order valence-corrected chi connectivity index (χ1v) is 11.4. The van der Waals surface area contributed by atoms with Crippen LogP contribution >= 0.6 is 22.9 Å². The van der Waals surface area contributed by atoms with Gasteiger partial charge < -0.3 is 15.3 Å². The van der Waals surface area contributed by atoms with Gasteiger partial charge in [0.1, 0.15) is 0 Å². The molecule has 0 aliphatic carbocycles. The predicted molar refractivity (Wildman–Crippen MR) is 126 cm³/mol. The van der Waals surface area contributed by atoms with E-state index in [4.69, 9.17) is 11.6 Å². The van der Waals surface area contributed by atoms with Gasteiger partial charge in [0.2, 0.25) is 0 Å². The number of carbonyl (C=O) groups excluding carboxylic acids is 2. The summed E-state index contributed by atoms with van der Waals surface area (Å²) in [6.45, 7) is 0.843. The van der Waals surface area contributed by atoms with Crippen molar-refractivity contribution < 1.29 is 14.7 Å². The van der Waals surface area contributed by atoms with Gasteiger partial charge in [-0.3, -0.25) is 14.3 Å². The molecule has 2 aromatic carbocycles. The number of aliphatic hydroxyl groups excluding tert-OH is 1. The van der Waals surface area contributed by atoms with E-state index in [0.29, 0.717) is 32.6 Å². The molecule has 0 radical (unpaired) electrons. The van der Waals surface area contributed by atoms with E-state index in [1.807, 2.05) is 41.2 Å². The van der Waals surface area contributed by atoms with Crippen molar-refractivity contribution in [2.75, 3.05) is 5.32 Å². The average Bonchev–Trinajstić information content (AvgIpc) is 3.53. The van der Waals surface area contributed by atoms with Crippen molar-refractivity contribution in [3.63, 3.8) is 0 Å². The summed E-state index contributed by atoms with van der Waals surface area (Å²) in [5.41, 5.74) is 3.09. The first-order valence-electron chi connectivity index (χ1n) is 10.2. The molecule has 33 heavy (non-hydrogen) atoms. The molecule has 2 aromatic heterocycles. The van der Waals surface area contributed by atoms with Crippen molar-refractivity contribution in [1.29, 1.82) is 0 Å². The monoisotopic (exact) mass is 478 g/mol. The highest BCUT2D eigenvalue weighted by Gasteiger charge is 2.37. The molecule has 0 saturated heterocycles. The predicted octanol–water partition coefficient (Wildman–Crippen LogP) is 4.55. The zero-order valence-electron chi connectivity index (χ0n) is 17.3. The van der Waals surface area contributed by atoms with Crippen LogP contribution in [0.1, 0.15) is 42.9 Å². The number of fused-ring (bicyclic) bond motifs is 1. The Balaban J connectivity index is 1.37. The van der Waals surface area contributed by atoms with Crippen LogP contribution in [0.25, 0.3) is 0 Å². The third kappa shape index (κ3) is 4.28. The van der Waals surface area contributed by atoms with Crippen molar-refractivity contribution in [3.05, 3.63) is 105 Å². The molecular formula is C24H19ClN4O3S. The Bertz CT molecular complexity index is 1340. The molecule has 0 saturated carbocycles. The van der Waals surface area contributed by atoms with Crippen molar-refractivity contribution in [2.24, 2.45) is 0 Å². The summed E-state index contributed by atoms with van der Waals surface area (Å²) in [5.74, 6) is -0.630. The maximum atomic E-state index is 13.1. The summed E-state index contributed by atoms with van der Waals surface area (Å²) < 4.78 is 2.33. The van der Waals surface area contributed by atoms with E-state index in [-0.39, 0.29) is 18.4 Å². The van der Waals surface area contributed by atoms with Gasteiger partial charge in [0.25, 0.3) is 11.8 Å². The van der Waals surface area contributed by atoms with E-state index in [1.54, 1.807) is 36.5 Å². The quantitative estimate of drug-likeness (QED) is 0.425. The number of anilines is 1. The lowest BCUT2D eigenvalue weighted by Gasteiger charge is -2.22. The molecule has 1 aliphatic rings. The molecule has 1 aliphatic heterocycles. The fourth-order valence-electron chi connectivity index (χ4n) is 3.94. The lowest BCUT2D eigenvalue weighted by Crippen LogP contribution is -2.27. The largest absolute Gasteiger partial charge is 0.369 e. The lowest BCUT2D eigenvalue weighted by atomic mass is 10.1. The second-order valence-electron chi connectivity index (χ2n) is 7.66. The van der Waals surface area contributed by atoms with Gasteiger partial charge in [0.05, 0.1) is 15.8 Å². The number of nitrogens with one attached hydrogen (secondary N) is 1. The number of carbonyl (C=O) groups is 2. The number of thiophene rings is 1. The summed E-state index contributed by atoms with van der Waals surface area (Å²) in [6.07, 6.45) is 2.44. The highest BCUT2D eigenvalue weighted by molar-refractivity contribution is 7.18. The summed E-state index contributed by atoms with van der Waals surface area (Å²) in [6, 6.07) is 18.0. The fraction of sp³-hybridized carbons (Fsp3) is 0.125. The molecular weight excluding hydrogens is 460 g/mol. The van der Waals surface area contributed by atoms with E-state index < -0.39 is 6.23 Å². The second kappa shape index (κ2) is 8.82. The van der Waals surface area contributed by atoms with Crippen LogP contribution in [-0.2, 0) is 13.1 Å². The van der Waals surface area contributed by atoms with Gasteiger partial charge in [-0.25, -0.2) is 0 Å². The van der Waals surface area contributed by atoms with Crippen LogP contribution in [0.4, 0.5) is 5.69 Å². The van der Waals surface area contributed by atoms with Crippen LogP contribution < -0.4 is 5.32 Å². The third-order valence-electron chi connectivity index (χ3n) is 5.44. The number of benzene rings is 2. The highest BCUT2D eigenvalue weighted by atomic mass is 35.5. The maximum absolute atomic E-state index is 13.1. The SMILES string of the molecule is O=C(Nc1cccc2c1C(O)N(Cc1cccc(Cn3cccn3)c1)C2=O)c1ccc(Cl)s1. The fourth-order valence-corrected chi connectivity index (χ4v) is 4.88. The Labute approximate surface area is 198 Å². The van der Waals surface area contributed by atoms with E-state index in [9.17, 15) is 14.7 Å². The van der Waals surface area contributed by atoms with Crippen LogP contribution in [0.2, 0.25) is 4.34 Å². The Kier molecular flexibility index (Phi) is 5.72. The number of hydrogen-bond acceptors (Lipinski definition) is 5. The highest BCUT2D eigenvalue weighted by Crippen LogP contribution is 2.38. The zero-order valence-corrected chi connectivity index (χ0v) is 18.9. The standard InChI is InChI=1S/C24H19ClN4O3S/c25-20-9-8-19(33-20)22(30)27-18-7-2-6-17-21(18)24(32)29(23(17)31)14-16-5-1-4-15(12-16)13-28-11-3-10-26-28/h1-12,24,32H,13-14H2,(H,27,30). The van der Waals surface area contributed by atoms with Crippen LogP contribution in [0.15, 0.2) is 73.1 Å². The number of halogens is 1. The van der Waals surface area contributed by atoms with Crippen molar-refractivity contribution >= 4 is 40.4 Å². The molecule has 3 heterocycles. The Hall–Kier alpha value is -3.46. The van der Waals surface area contributed by atoms with Gasteiger partial charge in [-0.1, -0.05) is 41.9 Å². The molecule has 1 unspecified atom stereocenters. The summed E-state index contributed by atoms with van der Waals surface area (Å²) >= 11 is 7.09. The summed E-state index contributed by atoms with van der Waals surface area (Å²) in [5, 5.41) is 18.1. The number of rotatable bonds is 6. The van der Waals surface area contributed by atoms with Gasteiger partial charge in [-0.2, -0.15) is 5.10 Å². The second-order valence-corrected chi connectivity index (χ2v) is 9.37. The van der Waals surface area contributed by atoms with Crippen LogP contribution in [0.3, 0.4) is 0 Å². The summed E-state index contributed by atoms with van der Waals surface area (Å²) in [7, 11) is 0. The summed E-state index contributed by atoms with van der Waals surface area (Å²) in [4.78, 5) is 27.5. The lowest BCUT2D eigenvalue weighted by molar-refractivity contribution is 0.0140. The van der Waals surface area contributed by atoms with Gasteiger partial charge in [0.15, 0.2) is 6.23 Å². The van der Waals surface area contributed by atoms with Crippen LogP contribution in [-0.4, -0.2) is 31.6 Å². The normalized spacial score (nSPS) is 15.0. The molecule has 7 nitrogen and oxygen atoms in total. The van der Waals surface area contributed by atoms with Crippen molar-refractivity contribution in [3.8, 4) is 0 Å². The topological polar surface area (TPSA) is 87.5 Å². The van der Waals surface area contributed by atoms with E-state index in [1.165, 1.54) is 4.90 Å². The number of hydrogen-bond donors (Lipinski definition) is 2. The number of aliphatic hydroxyl groups is 1. The van der Waals surface area contributed by atoms with Gasteiger partial charge in [0, 0.05) is 35.8 Å². The molecule has 5 rings (SSSR count). The third-order valence-corrected chi connectivity index (χ3v) is 6.67.